The lowest BCUT2D eigenvalue weighted by Crippen LogP contribution is -2.21. The molecule has 156 valence electrons. The average Bonchev–Trinajstić information content (AvgIpc) is 3.36. The molecule has 8 nitrogen and oxygen atoms in total. The minimum absolute atomic E-state index is 0.160. The van der Waals surface area contributed by atoms with Gasteiger partial charge in [-0.1, -0.05) is 27.5 Å². The molecule has 0 radical (unpaired) electrons. The number of anilines is 1. The van der Waals surface area contributed by atoms with Gasteiger partial charge in [0.2, 0.25) is 5.58 Å². The molecule has 0 bridgehead atoms. The van der Waals surface area contributed by atoms with Crippen LogP contribution in [0.25, 0.3) is 33.5 Å². The van der Waals surface area contributed by atoms with E-state index in [4.69, 9.17) is 16.0 Å². The normalized spacial score (nSPS) is 12.5. The third kappa shape index (κ3) is 3.83. The van der Waals surface area contributed by atoms with Crippen LogP contribution in [0.5, 0.6) is 0 Å². The summed E-state index contributed by atoms with van der Waals surface area (Å²) in [6.45, 7) is 0. The van der Waals surface area contributed by atoms with Crippen LogP contribution >= 0.6 is 27.5 Å². The van der Waals surface area contributed by atoms with Crippen LogP contribution in [0.2, 0.25) is 5.02 Å². The highest BCUT2D eigenvalue weighted by atomic mass is 79.9. The van der Waals surface area contributed by atoms with Crippen molar-refractivity contribution in [3.63, 3.8) is 0 Å². The van der Waals surface area contributed by atoms with E-state index in [1.165, 1.54) is 0 Å². The van der Waals surface area contributed by atoms with E-state index in [9.17, 15) is 9.90 Å². The van der Waals surface area contributed by atoms with Crippen molar-refractivity contribution in [2.75, 3.05) is 5.32 Å². The summed E-state index contributed by atoms with van der Waals surface area (Å²) >= 11 is 9.91. The van der Waals surface area contributed by atoms with Gasteiger partial charge in [0.15, 0.2) is 0 Å². The lowest BCUT2D eigenvalue weighted by atomic mass is 10.1. The van der Waals surface area contributed by atoms with Gasteiger partial charge in [0, 0.05) is 39.4 Å². The fourth-order valence-electron chi connectivity index (χ4n) is 3.40. The van der Waals surface area contributed by atoms with Crippen LogP contribution in [0.1, 0.15) is 5.69 Å². The van der Waals surface area contributed by atoms with Gasteiger partial charge in [-0.3, -0.25) is 4.79 Å². The number of aliphatic hydroxyl groups excluding tert-OH is 1. The van der Waals surface area contributed by atoms with Crippen molar-refractivity contribution >= 4 is 55.3 Å². The molecule has 10 heteroatoms. The van der Waals surface area contributed by atoms with E-state index in [0.29, 0.717) is 39.6 Å². The molecule has 4 N–H and O–H groups in total. The number of aliphatic hydroxyl groups is 1. The quantitative estimate of drug-likeness (QED) is 0.265. The van der Waals surface area contributed by atoms with Crippen LogP contribution in [-0.4, -0.2) is 31.3 Å². The van der Waals surface area contributed by atoms with Crippen LogP contribution in [0.3, 0.4) is 0 Å². The summed E-state index contributed by atoms with van der Waals surface area (Å²) in [6.07, 6.45) is 2.73. The lowest BCUT2D eigenvalue weighted by molar-refractivity contribution is 0.203. The maximum Gasteiger partial charge on any atom is 0.294 e. The van der Waals surface area contributed by atoms with E-state index in [1.807, 2.05) is 12.1 Å². The fourth-order valence-corrected chi connectivity index (χ4v) is 4.03. The Morgan fingerprint density at radius 1 is 1.26 bits per heavy atom. The molecule has 0 saturated heterocycles. The molecular weight excluding hydrogens is 486 g/mol. The first-order valence-corrected chi connectivity index (χ1v) is 10.5. The summed E-state index contributed by atoms with van der Waals surface area (Å²) in [5, 5.41) is 14.3. The van der Waals surface area contributed by atoms with Gasteiger partial charge in [-0.05, 0) is 36.4 Å². The third-order valence-corrected chi connectivity index (χ3v) is 5.62. The second-order valence-electron chi connectivity index (χ2n) is 6.97. The number of benzene rings is 2. The number of furan rings is 1. The van der Waals surface area contributed by atoms with E-state index in [2.05, 4.69) is 41.2 Å². The Morgan fingerprint density at radius 3 is 2.90 bits per heavy atom. The first kappa shape index (κ1) is 19.8. The SMILES string of the molecule is O=c1[nH]c(-c2ccc(NC(O)Cc3cnc[nH]3)cc2Cl)nc2c1oc1ccc(Br)cc12. The van der Waals surface area contributed by atoms with Gasteiger partial charge in [-0.15, -0.1) is 0 Å². The molecule has 2 aromatic carbocycles. The molecule has 0 spiro atoms. The first-order chi connectivity index (χ1) is 15.0. The molecule has 5 rings (SSSR count). The Hall–Kier alpha value is -3.14. The van der Waals surface area contributed by atoms with Gasteiger partial charge in [-0.2, -0.15) is 0 Å². The van der Waals surface area contributed by atoms with Gasteiger partial charge >= 0.3 is 0 Å². The highest BCUT2D eigenvalue weighted by molar-refractivity contribution is 9.10. The molecule has 0 saturated carbocycles. The number of rotatable bonds is 5. The van der Waals surface area contributed by atoms with E-state index in [1.54, 1.807) is 36.8 Å². The van der Waals surface area contributed by atoms with Crippen molar-refractivity contribution in [2.24, 2.45) is 0 Å². The molecule has 1 unspecified atom stereocenters. The maximum atomic E-state index is 12.6. The Labute approximate surface area is 188 Å². The average molecular weight is 501 g/mol. The zero-order valence-electron chi connectivity index (χ0n) is 15.8. The van der Waals surface area contributed by atoms with Crippen molar-refractivity contribution in [1.29, 1.82) is 0 Å². The van der Waals surface area contributed by atoms with Crippen LogP contribution in [0.4, 0.5) is 5.69 Å². The Bertz CT molecular complexity index is 1460. The number of halogens is 2. The van der Waals surface area contributed by atoms with Crippen LogP contribution in [-0.2, 0) is 6.42 Å². The standard InChI is InChI=1S/C21H15BrClN5O3/c22-10-1-4-16-14(5-10)18-19(31-16)21(30)28-20(27-18)13-3-2-11(6-15(13)23)26-17(29)7-12-8-24-9-25-12/h1-6,8-9,17,26,29H,7H2,(H,24,25)(H,27,28,30). The highest BCUT2D eigenvalue weighted by Crippen LogP contribution is 2.32. The predicted octanol–water partition coefficient (Wildman–Crippen LogP) is 4.45. The maximum absolute atomic E-state index is 12.6. The predicted molar refractivity (Wildman–Crippen MR) is 122 cm³/mol. The smallest absolute Gasteiger partial charge is 0.294 e. The summed E-state index contributed by atoms with van der Waals surface area (Å²) in [5.41, 5.74) is 2.79. The number of imidazole rings is 1. The second-order valence-corrected chi connectivity index (χ2v) is 8.29. The van der Waals surface area contributed by atoms with Gasteiger partial charge in [0.05, 0.1) is 11.3 Å². The summed E-state index contributed by atoms with van der Waals surface area (Å²) in [6, 6.07) is 10.6. The van der Waals surface area contributed by atoms with Gasteiger partial charge in [-0.25, -0.2) is 9.97 Å². The Kier molecular flexibility index (Phi) is 5.01. The molecule has 5 aromatic rings. The van der Waals surface area contributed by atoms with Crippen LogP contribution in [0, 0.1) is 0 Å². The van der Waals surface area contributed by atoms with Gasteiger partial charge < -0.3 is 24.8 Å². The zero-order valence-corrected chi connectivity index (χ0v) is 18.2. The number of hydrogen-bond donors (Lipinski definition) is 4. The number of fused-ring (bicyclic) bond motifs is 3. The monoisotopic (exact) mass is 499 g/mol. The van der Waals surface area contributed by atoms with E-state index in [0.717, 1.165) is 15.6 Å². The van der Waals surface area contributed by atoms with Crippen LogP contribution in [0.15, 0.2) is 62.6 Å². The molecule has 0 aliphatic carbocycles. The molecule has 0 aliphatic heterocycles. The van der Waals surface area contributed by atoms with Crippen molar-refractivity contribution in [3.8, 4) is 11.4 Å². The van der Waals surface area contributed by atoms with E-state index >= 15 is 0 Å². The minimum Gasteiger partial charge on any atom is -0.449 e. The van der Waals surface area contributed by atoms with Gasteiger partial charge in [0.1, 0.15) is 23.2 Å². The third-order valence-electron chi connectivity index (χ3n) is 4.81. The lowest BCUT2D eigenvalue weighted by Gasteiger charge is -2.14. The topological polar surface area (TPSA) is 120 Å². The number of nitrogens with zero attached hydrogens (tertiary/aromatic N) is 2. The summed E-state index contributed by atoms with van der Waals surface area (Å²) < 4.78 is 6.52. The molecule has 0 aliphatic rings. The van der Waals surface area contributed by atoms with Crippen molar-refractivity contribution in [1.82, 2.24) is 19.9 Å². The molecule has 1 atom stereocenters. The number of nitrogens with one attached hydrogen (secondary N) is 3. The molecule has 0 fully saturated rings. The first-order valence-electron chi connectivity index (χ1n) is 9.32. The van der Waals surface area contributed by atoms with E-state index < -0.39 is 6.23 Å². The Morgan fingerprint density at radius 2 is 2.13 bits per heavy atom. The number of H-pyrrole nitrogens is 2. The number of aromatic amines is 2. The molecule has 3 aromatic heterocycles. The van der Waals surface area contributed by atoms with Crippen molar-refractivity contribution in [2.45, 2.75) is 12.6 Å². The largest absolute Gasteiger partial charge is 0.449 e. The Balaban J connectivity index is 1.49. The minimum atomic E-state index is -0.826. The fraction of sp³-hybridized carbons (Fsp3) is 0.0952. The van der Waals surface area contributed by atoms with E-state index in [-0.39, 0.29) is 11.1 Å². The zero-order chi connectivity index (χ0) is 21.5. The molecular formula is C21H15BrClN5O3. The molecule has 31 heavy (non-hydrogen) atoms. The summed E-state index contributed by atoms with van der Waals surface area (Å²) in [5.74, 6) is 0.328. The summed E-state index contributed by atoms with van der Waals surface area (Å²) in [7, 11) is 0. The number of hydrogen-bond acceptors (Lipinski definition) is 6. The van der Waals surface area contributed by atoms with Crippen LogP contribution < -0.4 is 10.9 Å². The molecule has 3 heterocycles. The second kappa shape index (κ2) is 7.84. The number of aromatic nitrogens is 4. The van der Waals surface area contributed by atoms with Crippen molar-refractivity contribution < 1.29 is 9.52 Å². The van der Waals surface area contributed by atoms with Gasteiger partial charge in [0.25, 0.3) is 5.56 Å². The van der Waals surface area contributed by atoms with Crippen molar-refractivity contribution in [3.05, 3.63) is 74.5 Å². The molecule has 0 amide bonds. The summed E-state index contributed by atoms with van der Waals surface area (Å²) in [4.78, 5) is 26.8. The highest BCUT2D eigenvalue weighted by Gasteiger charge is 2.16.